The number of rotatable bonds is 3. The highest BCUT2D eigenvalue weighted by Crippen LogP contribution is 2.45. The first-order valence-corrected chi connectivity index (χ1v) is 11.8. The third kappa shape index (κ3) is 3.61. The van der Waals surface area contributed by atoms with Gasteiger partial charge in [-0.1, -0.05) is 6.08 Å². The molecule has 1 amide bonds. The molecule has 2 aliphatic heterocycles. The van der Waals surface area contributed by atoms with Crippen molar-refractivity contribution in [1.29, 1.82) is 0 Å². The number of aromatic nitrogens is 1. The molecule has 5 rings (SSSR count). The summed E-state index contributed by atoms with van der Waals surface area (Å²) in [5.41, 5.74) is 4.75. The number of ether oxygens (including phenoxy) is 1. The van der Waals surface area contributed by atoms with E-state index in [4.69, 9.17) is 4.74 Å². The molecule has 174 valence electrons. The van der Waals surface area contributed by atoms with Crippen LogP contribution >= 0.6 is 0 Å². The molecule has 3 aliphatic rings. The first-order chi connectivity index (χ1) is 15.7. The number of nitrogens with one attached hydrogen (secondary N) is 1. The fraction of sp³-hybridized carbons (Fsp3) is 0.444. The van der Waals surface area contributed by atoms with Crippen molar-refractivity contribution in [3.8, 4) is 11.4 Å². The van der Waals surface area contributed by atoms with Gasteiger partial charge in [0.2, 0.25) is 5.91 Å². The topological polar surface area (TPSA) is 46.5 Å². The summed E-state index contributed by atoms with van der Waals surface area (Å²) < 4.78 is 22.5. The van der Waals surface area contributed by atoms with E-state index in [1.165, 1.54) is 23.3 Å². The highest BCUT2D eigenvalue weighted by atomic mass is 19.1. The standard InChI is InChI=1S/C27H32FN3O2/c1-18-16-19(7-9-21(18)26(2,3)29-4)25(32)30-14-11-27(12-15-30)24-6-5-13-31(24)22-10-8-20(28)17-23(22)33-27/h5-6,8,10,13,16-17,29H,7,9,11-12,14-15H2,1-4H3. The summed E-state index contributed by atoms with van der Waals surface area (Å²) in [5, 5.41) is 3.38. The molecule has 33 heavy (non-hydrogen) atoms. The Kier molecular flexibility index (Phi) is 5.24. The van der Waals surface area contributed by atoms with Crippen LogP contribution < -0.4 is 10.1 Å². The molecule has 0 bridgehead atoms. The van der Waals surface area contributed by atoms with Gasteiger partial charge in [-0.3, -0.25) is 4.79 Å². The maximum Gasteiger partial charge on any atom is 0.249 e. The van der Waals surface area contributed by atoms with E-state index in [0.29, 0.717) is 31.7 Å². The lowest BCUT2D eigenvalue weighted by atomic mass is 9.81. The third-order valence-corrected chi connectivity index (χ3v) is 7.73. The lowest BCUT2D eigenvalue weighted by Crippen LogP contribution is -2.50. The van der Waals surface area contributed by atoms with E-state index in [-0.39, 0.29) is 17.3 Å². The normalized spacial score (nSPS) is 19.7. The summed E-state index contributed by atoms with van der Waals surface area (Å²) in [6, 6.07) is 8.76. The van der Waals surface area contributed by atoms with Gasteiger partial charge in [-0.15, -0.1) is 0 Å². The number of hydrogen-bond donors (Lipinski definition) is 1. The molecule has 1 aliphatic carbocycles. The summed E-state index contributed by atoms with van der Waals surface area (Å²) in [6.07, 6.45) is 7.10. The van der Waals surface area contributed by atoms with Crippen LogP contribution in [0.5, 0.6) is 5.75 Å². The number of halogens is 1. The molecule has 0 atom stereocenters. The Morgan fingerprint density at radius 1 is 1.18 bits per heavy atom. The molecule has 1 aromatic carbocycles. The number of hydrogen-bond acceptors (Lipinski definition) is 3. The number of amides is 1. The zero-order valence-corrected chi connectivity index (χ0v) is 19.9. The average Bonchev–Trinajstić information content (AvgIpc) is 3.30. The molecule has 2 aromatic rings. The van der Waals surface area contributed by atoms with Gasteiger partial charge in [0.05, 0.1) is 11.4 Å². The van der Waals surface area contributed by atoms with E-state index in [2.05, 4.69) is 42.8 Å². The Labute approximate surface area is 194 Å². The summed E-state index contributed by atoms with van der Waals surface area (Å²) in [7, 11) is 1.98. The van der Waals surface area contributed by atoms with E-state index >= 15 is 0 Å². The Morgan fingerprint density at radius 2 is 1.94 bits per heavy atom. The molecular formula is C27H32FN3O2. The molecule has 3 heterocycles. The van der Waals surface area contributed by atoms with Crippen LogP contribution in [0.1, 0.15) is 52.1 Å². The molecule has 1 fully saturated rings. The molecule has 1 N–H and O–H groups in total. The predicted octanol–water partition coefficient (Wildman–Crippen LogP) is 4.86. The van der Waals surface area contributed by atoms with E-state index in [1.807, 2.05) is 24.2 Å². The fourth-order valence-corrected chi connectivity index (χ4v) is 5.63. The lowest BCUT2D eigenvalue weighted by molar-refractivity contribution is -0.131. The smallest absolute Gasteiger partial charge is 0.249 e. The predicted molar refractivity (Wildman–Crippen MR) is 127 cm³/mol. The average molecular weight is 450 g/mol. The molecule has 1 aromatic heterocycles. The number of piperidine rings is 1. The first-order valence-electron chi connectivity index (χ1n) is 11.8. The second-order valence-electron chi connectivity index (χ2n) is 9.97. The minimum Gasteiger partial charge on any atom is -0.479 e. The minimum atomic E-state index is -0.540. The van der Waals surface area contributed by atoms with Crippen molar-refractivity contribution >= 4 is 5.91 Å². The second-order valence-corrected chi connectivity index (χ2v) is 9.97. The Balaban J connectivity index is 1.35. The molecule has 0 radical (unpaired) electrons. The molecule has 6 heteroatoms. The number of fused-ring (bicyclic) bond motifs is 4. The minimum absolute atomic E-state index is 0.0737. The van der Waals surface area contributed by atoms with Crippen LogP contribution in [0.25, 0.3) is 5.69 Å². The van der Waals surface area contributed by atoms with Crippen molar-refractivity contribution < 1.29 is 13.9 Å². The van der Waals surface area contributed by atoms with Crippen LogP contribution in [0, 0.1) is 5.82 Å². The maximum absolute atomic E-state index is 13.9. The van der Waals surface area contributed by atoms with Gasteiger partial charge in [0.25, 0.3) is 0 Å². The van der Waals surface area contributed by atoms with Crippen LogP contribution in [0.4, 0.5) is 4.39 Å². The molecule has 0 unspecified atom stereocenters. The quantitative estimate of drug-likeness (QED) is 0.728. The van der Waals surface area contributed by atoms with Crippen LogP contribution in [-0.4, -0.2) is 41.1 Å². The number of nitrogens with zero attached hydrogens (tertiary/aromatic N) is 2. The Bertz CT molecular complexity index is 1170. The van der Waals surface area contributed by atoms with E-state index < -0.39 is 5.60 Å². The van der Waals surface area contributed by atoms with Gasteiger partial charge < -0.3 is 19.5 Å². The van der Waals surface area contributed by atoms with Gasteiger partial charge in [-0.25, -0.2) is 4.39 Å². The molecule has 1 spiro atoms. The molecule has 1 saturated heterocycles. The van der Waals surface area contributed by atoms with Crippen molar-refractivity contribution in [3.05, 3.63) is 70.8 Å². The number of allylic oxidation sites excluding steroid dienone is 2. The fourth-order valence-electron chi connectivity index (χ4n) is 5.63. The summed E-state index contributed by atoms with van der Waals surface area (Å²) in [6.45, 7) is 7.70. The highest BCUT2D eigenvalue weighted by molar-refractivity contribution is 5.94. The van der Waals surface area contributed by atoms with Crippen LogP contribution in [0.15, 0.2) is 59.3 Å². The van der Waals surface area contributed by atoms with Crippen molar-refractivity contribution in [2.45, 2.75) is 57.6 Å². The van der Waals surface area contributed by atoms with Crippen molar-refractivity contribution in [1.82, 2.24) is 14.8 Å². The van der Waals surface area contributed by atoms with Crippen LogP contribution in [0.2, 0.25) is 0 Å². The Morgan fingerprint density at radius 3 is 2.64 bits per heavy atom. The van der Waals surface area contributed by atoms with E-state index in [0.717, 1.165) is 29.8 Å². The number of likely N-dealkylation sites (N-methyl/N-ethyl adjacent to an activating group) is 1. The van der Waals surface area contributed by atoms with Crippen molar-refractivity contribution in [2.75, 3.05) is 20.1 Å². The van der Waals surface area contributed by atoms with Gasteiger partial charge in [-0.2, -0.15) is 0 Å². The van der Waals surface area contributed by atoms with E-state index in [1.54, 1.807) is 6.07 Å². The van der Waals surface area contributed by atoms with Crippen molar-refractivity contribution in [3.63, 3.8) is 0 Å². The van der Waals surface area contributed by atoms with E-state index in [9.17, 15) is 9.18 Å². The summed E-state index contributed by atoms with van der Waals surface area (Å²) in [4.78, 5) is 15.3. The Hall–Kier alpha value is -2.86. The maximum atomic E-state index is 13.9. The largest absolute Gasteiger partial charge is 0.479 e. The second kappa shape index (κ2) is 7.87. The third-order valence-electron chi connectivity index (χ3n) is 7.73. The molecular weight excluding hydrogens is 417 g/mol. The monoisotopic (exact) mass is 449 g/mol. The number of likely N-dealkylation sites (tertiary alicyclic amines) is 1. The number of benzene rings is 1. The summed E-state index contributed by atoms with van der Waals surface area (Å²) in [5.74, 6) is 0.387. The number of carbonyl (C=O) groups excluding carboxylic acids is 1. The zero-order valence-electron chi connectivity index (χ0n) is 19.9. The van der Waals surface area contributed by atoms with Gasteiger partial charge in [0.15, 0.2) is 5.60 Å². The highest BCUT2D eigenvalue weighted by Gasteiger charge is 2.45. The van der Waals surface area contributed by atoms with Crippen molar-refractivity contribution in [2.24, 2.45) is 0 Å². The van der Waals surface area contributed by atoms with Gasteiger partial charge >= 0.3 is 0 Å². The van der Waals surface area contributed by atoms with Gasteiger partial charge in [0, 0.05) is 49.3 Å². The zero-order chi connectivity index (χ0) is 23.4. The molecule has 5 nitrogen and oxygen atoms in total. The number of carbonyl (C=O) groups is 1. The summed E-state index contributed by atoms with van der Waals surface area (Å²) >= 11 is 0. The van der Waals surface area contributed by atoms with Gasteiger partial charge in [0.1, 0.15) is 11.6 Å². The van der Waals surface area contributed by atoms with Crippen LogP contribution in [-0.2, 0) is 10.4 Å². The SMILES string of the molecule is CNC(C)(C)C1=C(C)C=C(C(=O)N2CCC3(CC2)Oc2cc(F)ccc2-n2cccc23)CC1. The first kappa shape index (κ1) is 22.0. The molecule has 0 saturated carbocycles. The van der Waals surface area contributed by atoms with Crippen LogP contribution in [0.3, 0.4) is 0 Å². The lowest BCUT2D eigenvalue weighted by Gasteiger charge is -2.45. The van der Waals surface area contributed by atoms with Gasteiger partial charge in [-0.05, 0) is 76.1 Å².